The van der Waals surface area contributed by atoms with E-state index in [0.29, 0.717) is 23.1 Å². The number of hydrogen-bond acceptors (Lipinski definition) is 6. The van der Waals surface area contributed by atoms with E-state index in [1.807, 2.05) is 48.5 Å². The second kappa shape index (κ2) is 16.3. The van der Waals surface area contributed by atoms with Crippen LogP contribution < -0.4 is 0 Å². The van der Waals surface area contributed by atoms with E-state index in [2.05, 4.69) is 182 Å². The van der Waals surface area contributed by atoms with Gasteiger partial charge in [-0.2, -0.15) is 9.97 Å². The second-order valence-electron chi connectivity index (χ2n) is 16.9. The first kappa shape index (κ1) is 39.1. The topological polar surface area (TPSA) is 77.8 Å². The summed E-state index contributed by atoms with van der Waals surface area (Å²) in [5, 5.41) is 3.69. The molecule has 0 aliphatic heterocycles. The maximum Gasteiger partial charge on any atom is 0.231 e. The molecule has 0 aliphatic rings. The van der Waals surface area contributed by atoms with E-state index in [1.54, 1.807) is 0 Å². The summed E-state index contributed by atoms with van der Waals surface area (Å²) in [6, 6.07) is 79.5. The van der Waals surface area contributed by atoms with E-state index in [0.717, 1.165) is 111 Å². The van der Waals surface area contributed by atoms with Gasteiger partial charge >= 0.3 is 0 Å². The van der Waals surface area contributed by atoms with Gasteiger partial charge in [0.15, 0.2) is 11.6 Å². The molecular weight excluding hydrogens is 833 g/mol. The normalized spacial score (nSPS) is 11.5. The van der Waals surface area contributed by atoms with Gasteiger partial charge < -0.3 is 8.83 Å². The third-order valence-corrected chi connectivity index (χ3v) is 12.8. The van der Waals surface area contributed by atoms with Gasteiger partial charge in [-0.3, -0.25) is 0 Å². The van der Waals surface area contributed by atoms with Gasteiger partial charge in [0.1, 0.15) is 11.2 Å². The van der Waals surface area contributed by atoms with Crippen molar-refractivity contribution in [2.24, 2.45) is 0 Å². The molecule has 0 spiro atoms. The summed E-state index contributed by atoms with van der Waals surface area (Å²) >= 11 is 0. The molecule has 318 valence electrons. The molecule has 4 aromatic heterocycles. The van der Waals surface area contributed by atoms with Gasteiger partial charge in [-0.15, -0.1) is 0 Å². The van der Waals surface area contributed by atoms with Crippen molar-refractivity contribution in [3.8, 4) is 89.8 Å². The number of benzene rings is 9. The molecule has 0 N–H and O–H groups in total. The summed E-state index contributed by atoms with van der Waals surface area (Å²) in [5.74, 6) is 1.19. The van der Waals surface area contributed by atoms with Crippen molar-refractivity contribution in [2.75, 3.05) is 0 Å². The standard InChI is InChI=1S/C62H38N4O2/c1-3-18-39(19-4-1)41-22-15-26-45(36-41)59-63-57(55-51-32-11-13-34-53(51)67-61(55)65-59)44-25-17-24-43(38-44)47-28-7-8-29-48(47)49-30-9-10-31-50(49)58-56-52-33-12-14-35-54(52)68-62(56)66-60(64-58)46-27-16-23-42(37-46)40-20-5-2-6-21-40/h1-38H. The Morgan fingerprint density at radius 3 is 1.21 bits per heavy atom. The molecule has 0 fully saturated rings. The molecular formula is C62H38N4O2. The number of nitrogens with zero attached hydrogens (tertiary/aromatic N) is 4. The van der Waals surface area contributed by atoms with Crippen molar-refractivity contribution >= 4 is 44.1 Å². The van der Waals surface area contributed by atoms with Crippen molar-refractivity contribution in [3.05, 3.63) is 231 Å². The molecule has 0 radical (unpaired) electrons. The van der Waals surface area contributed by atoms with E-state index in [1.165, 1.54) is 0 Å². The Labute approximate surface area is 391 Å². The Morgan fingerprint density at radius 1 is 0.250 bits per heavy atom. The maximum atomic E-state index is 6.53. The number of furan rings is 2. The second-order valence-corrected chi connectivity index (χ2v) is 16.9. The third-order valence-electron chi connectivity index (χ3n) is 12.8. The molecule has 6 heteroatoms. The molecule has 0 bridgehead atoms. The van der Waals surface area contributed by atoms with Crippen molar-refractivity contribution < 1.29 is 8.83 Å². The fraction of sp³-hybridized carbons (Fsp3) is 0. The molecule has 0 saturated heterocycles. The van der Waals surface area contributed by atoms with Crippen LogP contribution in [0.4, 0.5) is 0 Å². The SMILES string of the molecule is c1ccc(-c2cccc(-c3nc(-c4cccc(-c5ccccc5-c5ccccc5-c5nc(-c6cccc(-c7ccccc7)c6)nc6oc7ccccc7c56)c4)c4c(n3)oc3ccccc34)c2)cc1. The monoisotopic (exact) mass is 870 g/mol. The first-order valence-electron chi connectivity index (χ1n) is 22.7. The van der Waals surface area contributed by atoms with Crippen molar-refractivity contribution in [1.82, 2.24) is 19.9 Å². The van der Waals surface area contributed by atoms with Crippen LogP contribution in [0.2, 0.25) is 0 Å². The summed E-state index contributed by atoms with van der Waals surface area (Å²) < 4.78 is 13.0. The van der Waals surface area contributed by atoms with Crippen LogP contribution in [-0.4, -0.2) is 19.9 Å². The Kier molecular flexibility index (Phi) is 9.39. The Balaban J connectivity index is 0.970. The average Bonchev–Trinajstić information content (AvgIpc) is 4.00. The number of rotatable bonds is 8. The van der Waals surface area contributed by atoms with Gasteiger partial charge in [0.25, 0.3) is 0 Å². The lowest BCUT2D eigenvalue weighted by atomic mass is 9.89. The predicted molar refractivity (Wildman–Crippen MR) is 276 cm³/mol. The fourth-order valence-electron chi connectivity index (χ4n) is 9.57. The lowest BCUT2D eigenvalue weighted by Gasteiger charge is -2.16. The van der Waals surface area contributed by atoms with Gasteiger partial charge in [-0.1, -0.05) is 200 Å². The van der Waals surface area contributed by atoms with Gasteiger partial charge in [0.05, 0.1) is 22.2 Å². The maximum absolute atomic E-state index is 6.53. The highest BCUT2D eigenvalue weighted by Crippen LogP contribution is 2.44. The Bertz CT molecular complexity index is 4040. The minimum absolute atomic E-state index is 0.543. The highest BCUT2D eigenvalue weighted by molar-refractivity contribution is 6.13. The van der Waals surface area contributed by atoms with Gasteiger partial charge in [0, 0.05) is 33.0 Å². The fourth-order valence-corrected chi connectivity index (χ4v) is 9.57. The summed E-state index contributed by atoms with van der Waals surface area (Å²) in [6.45, 7) is 0. The molecule has 13 rings (SSSR count). The quantitative estimate of drug-likeness (QED) is 0.151. The first-order valence-corrected chi connectivity index (χ1v) is 22.7. The van der Waals surface area contributed by atoms with Crippen LogP contribution in [0.15, 0.2) is 239 Å². The number of aromatic nitrogens is 4. The zero-order valence-electron chi connectivity index (χ0n) is 36.5. The first-order chi connectivity index (χ1) is 33.7. The Hall–Kier alpha value is -9.26. The summed E-state index contributed by atoms with van der Waals surface area (Å²) in [4.78, 5) is 21.0. The largest absolute Gasteiger partial charge is 0.438 e. The molecule has 0 saturated carbocycles. The summed E-state index contributed by atoms with van der Waals surface area (Å²) in [7, 11) is 0. The van der Waals surface area contributed by atoms with Gasteiger partial charge in [-0.25, -0.2) is 9.97 Å². The van der Waals surface area contributed by atoms with Crippen molar-refractivity contribution in [2.45, 2.75) is 0 Å². The van der Waals surface area contributed by atoms with Crippen LogP contribution in [0.25, 0.3) is 134 Å². The van der Waals surface area contributed by atoms with Crippen LogP contribution in [0.1, 0.15) is 0 Å². The molecule has 4 heterocycles. The number of fused-ring (bicyclic) bond motifs is 6. The minimum Gasteiger partial charge on any atom is -0.438 e. The van der Waals surface area contributed by atoms with Crippen LogP contribution in [-0.2, 0) is 0 Å². The van der Waals surface area contributed by atoms with E-state index in [9.17, 15) is 0 Å². The van der Waals surface area contributed by atoms with Crippen LogP contribution >= 0.6 is 0 Å². The third kappa shape index (κ3) is 6.82. The minimum atomic E-state index is 0.543. The van der Waals surface area contributed by atoms with Crippen LogP contribution in [0, 0.1) is 0 Å². The average molecular weight is 871 g/mol. The smallest absolute Gasteiger partial charge is 0.231 e. The molecule has 13 aromatic rings. The Morgan fingerprint density at radius 2 is 0.632 bits per heavy atom. The predicted octanol–water partition coefficient (Wildman–Crippen LogP) is 16.4. The van der Waals surface area contributed by atoms with E-state index >= 15 is 0 Å². The lowest BCUT2D eigenvalue weighted by Crippen LogP contribution is -1.97. The van der Waals surface area contributed by atoms with Crippen molar-refractivity contribution in [1.29, 1.82) is 0 Å². The highest BCUT2D eigenvalue weighted by Gasteiger charge is 2.23. The lowest BCUT2D eigenvalue weighted by molar-refractivity contribution is 0.653. The number of para-hydroxylation sites is 2. The van der Waals surface area contributed by atoms with E-state index in [4.69, 9.17) is 28.8 Å². The highest BCUT2D eigenvalue weighted by atomic mass is 16.3. The zero-order valence-corrected chi connectivity index (χ0v) is 36.5. The summed E-state index contributed by atoms with van der Waals surface area (Å²) in [5.41, 5.74) is 16.6. The van der Waals surface area contributed by atoms with E-state index in [-0.39, 0.29) is 0 Å². The molecule has 0 atom stereocenters. The molecule has 6 nitrogen and oxygen atoms in total. The van der Waals surface area contributed by atoms with E-state index < -0.39 is 0 Å². The van der Waals surface area contributed by atoms with Gasteiger partial charge in [-0.05, 0) is 74.8 Å². The molecule has 0 amide bonds. The van der Waals surface area contributed by atoms with Crippen molar-refractivity contribution in [3.63, 3.8) is 0 Å². The zero-order chi connectivity index (χ0) is 45.0. The van der Waals surface area contributed by atoms with Crippen LogP contribution in [0.5, 0.6) is 0 Å². The van der Waals surface area contributed by atoms with Gasteiger partial charge in [0.2, 0.25) is 11.4 Å². The number of hydrogen-bond donors (Lipinski definition) is 0. The molecule has 68 heavy (non-hydrogen) atoms. The molecule has 9 aromatic carbocycles. The molecule has 0 unspecified atom stereocenters. The summed E-state index contributed by atoms with van der Waals surface area (Å²) in [6.07, 6.45) is 0. The molecule has 0 aliphatic carbocycles. The van der Waals surface area contributed by atoms with Crippen LogP contribution in [0.3, 0.4) is 0 Å².